The fourth-order valence-corrected chi connectivity index (χ4v) is 4.04. The average Bonchev–Trinajstić information content (AvgIpc) is 3.32. The number of carbonyl (C=O) groups excluding carboxylic acids is 2. The van der Waals surface area contributed by atoms with E-state index < -0.39 is 0 Å². The van der Waals surface area contributed by atoms with E-state index in [2.05, 4.69) is 25.7 Å². The maximum absolute atomic E-state index is 12.8. The molecule has 10 nitrogen and oxygen atoms in total. The van der Waals surface area contributed by atoms with Gasteiger partial charge in [-0.15, -0.1) is 5.10 Å². The van der Waals surface area contributed by atoms with Gasteiger partial charge in [-0.25, -0.2) is 9.67 Å². The molecule has 37 heavy (non-hydrogen) atoms. The summed E-state index contributed by atoms with van der Waals surface area (Å²) in [6.07, 6.45) is 3.29. The van der Waals surface area contributed by atoms with Crippen LogP contribution in [0.1, 0.15) is 6.92 Å². The second-order valence-corrected chi connectivity index (χ2v) is 8.62. The lowest BCUT2D eigenvalue weighted by Crippen LogP contribution is -2.20. The number of amides is 2. The third kappa shape index (κ3) is 7.31. The number of methoxy groups -OCH3 is 1. The molecule has 0 bridgehead atoms. The number of anilines is 2. The first-order valence-electron chi connectivity index (χ1n) is 11.5. The van der Waals surface area contributed by atoms with Crippen LogP contribution in [0.2, 0.25) is 0 Å². The van der Waals surface area contributed by atoms with Gasteiger partial charge in [-0.2, -0.15) is 0 Å². The molecular weight excluding hydrogens is 492 g/mol. The van der Waals surface area contributed by atoms with Gasteiger partial charge in [-0.05, 0) is 67.6 Å². The predicted octanol–water partition coefficient (Wildman–Crippen LogP) is 4.12. The van der Waals surface area contributed by atoms with Crippen LogP contribution < -0.4 is 20.1 Å². The van der Waals surface area contributed by atoms with Crippen LogP contribution in [-0.4, -0.2) is 51.0 Å². The zero-order valence-corrected chi connectivity index (χ0v) is 21.2. The summed E-state index contributed by atoms with van der Waals surface area (Å²) in [6.45, 7) is 2.40. The quantitative estimate of drug-likeness (QED) is 0.285. The minimum atomic E-state index is -0.278. The van der Waals surface area contributed by atoms with Crippen LogP contribution in [0.3, 0.4) is 0 Å². The molecule has 190 valence electrons. The maximum atomic E-state index is 12.8. The lowest BCUT2D eigenvalue weighted by atomic mass is 10.3. The van der Waals surface area contributed by atoms with Crippen molar-refractivity contribution in [3.8, 4) is 22.9 Å². The smallest absolute Gasteiger partial charge is 0.246 e. The summed E-state index contributed by atoms with van der Waals surface area (Å²) in [5.41, 5.74) is 2.04. The van der Waals surface area contributed by atoms with Crippen LogP contribution in [0.4, 0.5) is 11.4 Å². The van der Waals surface area contributed by atoms with Crippen molar-refractivity contribution in [3.63, 3.8) is 0 Å². The van der Waals surface area contributed by atoms with Crippen molar-refractivity contribution < 1.29 is 19.1 Å². The molecular formula is C26H26N6O4S. The molecule has 2 amide bonds. The van der Waals surface area contributed by atoms with E-state index in [4.69, 9.17) is 9.47 Å². The summed E-state index contributed by atoms with van der Waals surface area (Å²) >= 11 is 1.19. The molecule has 0 saturated heterocycles. The molecule has 0 aliphatic rings. The predicted molar refractivity (Wildman–Crippen MR) is 142 cm³/mol. The topological polar surface area (TPSA) is 120 Å². The molecule has 0 radical (unpaired) electrons. The van der Waals surface area contributed by atoms with E-state index in [0.717, 1.165) is 11.3 Å². The fraction of sp³-hybridized carbons (Fsp3) is 0.192. The van der Waals surface area contributed by atoms with Crippen LogP contribution >= 0.6 is 11.8 Å². The number of carbonyl (C=O) groups is 2. The largest absolute Gasteiger partial charge is 0.497 e. The van der Waals surface area contributed by atoms with Gasteiger partial charge < -0.3 is 20.1 Å². The molecule has 0 aliphatic carbocycles. The highest BCUT2D eigenvalue weighted by Crippen LogP contribution is 2.23. The molecule has 2 N–H and O–H groups in total. The van der Waals surface area contributed by atoms with Gasteiger partial charge in [-0.1, -0.05) is 11.8 Å². The Labute approximate surface area is 218 Å². The summed E-state index contributed by atoms with van der Waals surface area (Å²) in [6, 6.07) is 17.7. The standard InChI is InChI=1S/C26H26N6O4S/c1-3-36-22-10-6-19(7-11-22)28-23(33)16-32-26(30-25(31-32)18-12-14-27-15-13-18)37-17-24(34)29-20-4-8-21(35-2)9-5-20/h4-15H,3,16-17H2,1-2H3,(H,28,33)(H,29,34). The molecule has 0 spiro atoms. The van der Waals surface area contributed by atoms with Crippen molar-refractivity contribution >= 4 is 35.0 Å². The van der Waals surface area contributed by atoms with E-state index in [1.165, 1.54) is 16.4 Å². The molecule has 0 fully saturated rings. The number of nitrogens with one attached hydrogen (secondary N) is 2. The van der Waals surface area contributed by atoms with E-state index in [9.17, 15) is 9.59 Å². The minimum Gasteiger partial charge on any atom is -0.497 e. The second kappa shape index (κ2) is 12.5. The monoisotopic (exact) mass is 518 g/mol. The molecule has 2 aromatic carbocycles. The highest BCUT2D eigenvalue weighted by atomic mass is 32.2. The van der Waals surface area contributed by atoms with Gasteiger partial charge in [0.05, 0.1) is 19.5 Å². The van der Waals surface area contributed by atoms with Gasteiger partial charge in [0.1, 0.15) is 18.0 Å². The molecule has 0 saturated carbocycles. The van der Waals surface area contributed by atoms with Crippen molar-refractivity contribution in [1.29, 1.82) is 0 Å². The summed E-state index contributed by atoms with van der Waals surface area (Å²) in [4.78, 5) is 33.9. The van der Waals surface area contributed by atoms with Gasteiger partial charge in [0.15, 0.2) is 11.0 Å². The molecule has 0 atom stereocenters. The Morgan fingerprint density at radius 1 is 0.892 bits per heavy atom. The van der Waals surface area contributed by atoms with Gasteiger partial charge in [0.25, 0.3) is 0 Å². The van der Waals surface area contributed by atoms with Crippen LogP contribution in [0.15, 0.2) is 78.2 Å². The number of hydrogen-bond donors (Lipinski definition) is 2. The highest BCUT2D eigenvalue weighted by Gasteiger charge is 2.17. The maximum Gasteiger partial charge on any atom is 0.246 e. The number of thioether (sulfide) groups is 1. The van der Waals surface area contributed by atoms with Crippen molar-refractivity contribution in [2.75, 3.05) is 30.1 Å². The zero-order chi connectivity index (χ0) is 26.0. The number of benzene rings is 2. The summed E-state index contributed by atoms with van der Waals surface area (Å²) in [5, 5.41) is 10.6. The first-order valence-corrected chi connectivity index (χ1v) is 12.5. The Morgan fingerprint density at radius 3 is 2.14 bits per heavy atom. The van der Waals surface area contributed by atoms with Crippen molar-refractivity contribution in [2.24, 2.45) is 0 Å². The third-order valence-corrected chi connectivity index (χ3v) is 5.99. The molecule has 11 heteroatoms. The molecule has 4 rings (SSSR count). The van der Waals surface area contributed by atoms with Crippen molar-refractivity contribution in [3.05, 3.63) is 73.1 Å². The Balaban J connectivity index is 1.44. The molecule has 2 aromatic heterocycles. The first kappa shape index (κ1) is 25.7. The van der Waals surface area contributed by atoms with Crippen LogP contribution in [0, 0.1) is 0 Å². The number of aromatic nitrogens is 4. The normalized spacial score (nSPS) is 10.5. The number of ether oxygens (including phenoxy) is 2. The van der Waals surface area contributed by atoms with E-state index in [1.807, 2.05) is 6.92 Å². The lowest BCUT2D eigenvalue weighted by molar-refractivity contribution is -0.117. The number of rotatable bonds is 11. The molecule has 4 aromatic rings. The first-order chi connectivity index (χ1) is 18.0. The highest BCUT2D eigenvalue weighted by molar-refractivity contribution is 7.99. The molecule has 2 heterocycles. The zero-order valence-electron chi connectivity index (χ0n) is 20.4. The third-order valence-electron chi connectivity index (χ3n) is 5.02. The van der Waals surface area contributed by atoms with Crippen molar-refractivity contribution in [1.82, 2.24) is 19.7 Å². The van der Waals surface area contributed by atoms with Crippen LogP contribution in [0.25, 0.3) is 11.4 Å². The Bertz CT molecular complexity index is 1330. The van der Waals surface area contributed by atoms with Gasteiger partial charge >= 0.3 is 0 Å². The SMILES string of the molecule is CCOc1ccc(NC(=O)Cn2nc(-c3ccncc3)nc2SCC(=O)Nc2ccc(OC)cc2)cc1. The second-order valence-electron chi connectivity index (χ2n) is 7.68. The Hall–Kier alpha value is -4.38. The van der Waals surface area contributed by atoms with Crippen molar-refractivity contribution in [2.45, 2.75) is 18.6 Å². The lowest BCUT2D eigenvalue weighted by Gasteiger charge is -2.09. The minimum absolute atomic E-state index is 0.0757. The van der Waals surface area contributed by atoms with E-state index >= 15 is 0 Å². The number of nitrogens with zero attached hydrogens (tertiary/aromatic N) is 4. The molecule has 0 aliphatic heterocycles. The Kier molecular flexibility index (Phi) is 8.71. The number of hydrogen-bond acceptors (Lipinski definition) is 8. The van der Waals surface area contributed by atoms with Gasteiger partial charge in [-0.3, -0.25) is 14.6 Å². The fourth-order valence-electron chi connectivity index (χ4n) is 3.30. The summed E-state index contributed by atoms with van der Waals surface area (Å²) in [5.74, 6) is 1.46. The summed E-state index contributed by atoms with van der Waals surface area (Å²) < 4.78 is 12.1. The van der Waals surface area contributed by atoms with Crippen LogP contribution in [-0.2, 0) is 16.1 Å². The van der Waals surface area contributed by atoms with E-state index in [1.54, 1.807) is 80.2 Å². The Morgan fingerprint density at radius 2 is 1.51 bits per heavy atom. The van der Waals surface area contributed by atoms with Gasteiger partial charge in [0.2, 0.25) is 11.8 Å². The average molecular weight is 519 g/mol. The number of pyridine rings is 1. The summed E-state index contributed by atoms with van der Waals surface area (Å²) in [7, 11) is 1.58. The van der Waals surface area contributed by atoms with Gasteiger partial charge in [0, 0.05) is 29.3 Å². The molecule has 0 unspecified atom stereocenters. The van der Waals surface area contributed by atoms with E-state index in [0.29, 0.717) is 34.7 Å². The van der Waals surface area contributed by atoms with Crippen LogP contribution in [0.5, 0.6) is 11.5 Å². The van der Waals surface area contributed by atoms with E-state index in [-0.39, 0.29) is 24.1 Å².